The Morgan fingerprint density at radius 2 is 2.06 bits per heavy atom. The van der Waals surface area contributed by atoms with E-state index in [0.29, 0.717) is 12.1 Å². The third-order valence-corrected chi connectivity index (χ3v) is 3.02. The standard InChI is InChI=1S/C13H17FN2O/c14-8-10-3-5-11(6-4-10)9-16-13(17)12-2-1-7-15-12/h3-6,12,15H,1-2,7-9H2,(H,16,17)/t12-/m1/s1. The molecule has 0 spiro atoms. The predicted octanol–water partition coefficient (Wildman–Crippen LogP) is 1.52. The second-order valence-corrected chi connectivity index (χ2v) is 4.32. The number of nitrogens with one attached hydrogen (secondary N) is 2. The van der Waals surface area contributed by atoms with Gasteiger partial charge >= 0.3 is 0 Å². The third kappa shape index (κ3) is 3.27. The van der Waals surface area contributed by atoms with Gasteiger partial charge in [0.05, 0.1) is 6.04 Å². The van der Waals surface area contributed by atoms with Gasteiger partial charge in [0.2, 0.25) is 5.91 Å². The zero-order valence-corrected chi connectivity index (χ0v) is 9.71. The molecule has 0 radical (unpaired) electrons. The van der Waals surface area contributed by atoms with Crippen LogP contribution in [0.15, 0.2) is 24.3 Å². The molecule has 0 saturated carbocycles. The fourth-order valence-corrected chi connectivity index (χ4v) is 1.97. The van der Waals surface area contributed by atoms with Gasteiger partial charge in [0, 0.05) is 6.54 Å². The van der Waals surface area contributed by atoms with Crippen LogP contribution in [0.5, 0.6) is 0 Å². The van der Waals surface area contributed by atoms with E-state index in [4.69, 9.17) is 0 Å². The Hall–Kier alpha value is -1.42. The van der Waals surface area contributed by atoms with E-state index in [2.05, 4.69) is 10.6 Å². The van der Waals surface area contributed by atoms with E-state index < -0.39 is 6.67 Å². The minimum atomic E-state index is -0.446. The molecular formula is C13H17FN2O. The molecule has 0 aromatic heterocycles. The van der Waals surface area contributed by atoms with Gasteiger partial charge in [-0.15, -0.1) is 0 Å². The van der Waals surface area contributed by atoms with Gasteiger partial charge in [-0.3, -0.25) is 4.79 Å². The molecule has 1 saturated heterocycles. The Morgan fingerprint density at radius 1 is 1.35 bits per heavy atom. The summed E-state index contributed by atoms with van der Waals surface area (Å²) in [4.78, 5) is 11.7. The number of amides is 1. The summed E-state index contributed by atoms with van der Waals surface area (Å²) in [7, 11) is 0. The van der Waals surface area contributed by atoms with Crippen molar-refractivity contribution in [1.82, 2.24) is 10.6 Å². The maximum absolute atomic E-state index is 12.3. The van der Waals surface area contributed by atoms with E-state index in [9.17, 15) is 9.18 Å². The first-order valence-corrected chi connectivity index (χ1v) is 5.94. The van der Waals surface area contributed by atoms with Crippen LogP contribution in [0.2, 0.25) is 0 Å². The maximum Gasteiger partial charge on any atom is 0.237 e. The van der Waals surface area contributed by atoms with E-state index in [-0.39, 0.29) is 11.9 Å². The van der Waals surface area contributed by atoms with Crippen LogP contribution in [0, 0.1) is 0 Å². The molecular weight excluding hydrogens is 219 g/mol. The number of alkyl halides is 1. The number of benzene rings is 1. The highest BCUT2D eigenvalue weighted by Gasteiger charge is 2.21. The largest absolute Gasteiger partial charge is 0.351 e. The third-order valence-electron chi connectivity index (χ3n) is 3.02. The van der Waals surface area contributed by atoms with Crippen LogP contribution in [-0.2, 0) is 18.0 Å². The summed E-state index contributed by atoms with van der Waals surface area (Å²) >= 11 is 0. The van der Waals surface area contributed by atoms with Gasteiger partial charge in [-0.05, 0) is 30.5 Å². The van der Waals surface area contributed by atoms with Gasteiger partial charge in [-0.2, -0.15) is 0 Å². The molecule has 0 bridgehead atoms. The maximum atomic E-state index is 12.3. The van der Waals surface area contributed by atoms with E-state index in [1.165, 1.54) is 0 Å². The topological polar surface area (TPSA) is 41.1 Å². The van der Waals surface area contributed by atoms with Crippen molar-refractivity contribution >= 4 is 5.91 Å². The smallest absolute Gasteiger partial charge is 0.237 e. The van der Waals surface area contributed by atoms with E-state index in [1.807, 2.05) is 12.1 Å². The van der Waals surface area contributed by atoms with Crippen LogP contribution in [-0.4, -0.2) is 18.5 Å². The Balaban J connectivity index is 1.82. The van der Waals surface area contributed by atoms with Crippen molar-refractivity contribution in [3.63, 3.8) is 0 Å². The first kappa shape index (κ1) is 12.0. The summed E-state index contributed by atoms with van der Waals surface area (Å²) in [5.74, 6) is 0.0528. The lowest BCUT2D eigenvalue weighted by atomic mass is 10.1. The van der Waals surface area contributed by atoms with Gasteiger partial charge in [-0.1, -0.05) is 24.3 Å². The van der Waals surface area contributed by atoms with Crippen LogP contribution in [0.3, 0.4) is 0 Å². The van der Waals surface area contributed by atoms with E-state index >= 15 is 0 Å². The van der Waals surface area contributed by atoms with Gasteiger partial charge in [-0.25, -0.2) is 4.39 Å². The molecule has 17 heavy (non-hydrogen) atoms. The molecule has 1 aliphatic heterocycles. The van der Waals surface area contributed by atoms with Crippen LogP contribution in [0.1, 0.15) is 24.0 Å². The van der Waals surface area contributed by atoms with Gasteiger partial charge in [0.1, 0.15) is 6.67 Å². The molecule has 1 heterocycles. The average Bonchev–Trinajstić information content (AvgIpc) is 2.90. The minimum absolute atomic E-state index is 0.0416. The lowest BCUT2D eigenvalue weighted by Crippen LogP contribution is -2.39. The highest BCUT2D eigenvalue weighted by Crippen LogP contribution is 2.07. The van der Waals surface area contributed by atoms with Crippen LogP contribution < -0.4 is 10.6 Å². The monoisotopic (exact) mass is 236 g/mol. The first-order valence-electron chi connectivity index (χ1n) is 5.94. The summed E-state index contributed by atoms with van der Waals surface area (Å²) in [6.07, 6.45) is 1.97. The summed E-state index contributed by atoms with van der Waals surface area (Å²) in [5.41, 5.74) is 1.66. The molecule has 1 aromatic rings. The fraction of sp³-hybridized carbons (Fsp3) is 0.462. The van der Waals surface area contributed by atoms with Crippen molar-refractivity contribution < 1.29 is 9.18 Å². The van der Waals surface area contributed by atoms with Crippen molar-refractivity contribution in [2.75, 3.05) is 6.54 Å². The zero-order chi connectivity index (χ0) is 12.1. The quantitative estimate of drug-likeness (QED) is 0.832. The van der Waals surface area contributed by atoms with Crippen LogP contribution >= 0.6 is 0 Å². The molecule has 1 atom stereocenters. The van der Waals surface area contributed by atoms with E-state index in [1.54, 1.807) is 12.1 Å². The Labute approximate surface area is 100 Å². The number of halogens is 1. The van der Waals surface area contributed by atoms with Gasteiger partial charge in [0.15, 0.2) is 0 Å². The number of hydrogen-bond acceptors (Lipinski definition) is 2. The molecule has 3 nitrogen and oxygen atoms in total. The van der Waals surface area contributed by atoms with E-state index in [0.717, 1.165) is 24.9 Å². The first-order chi connectivity index (χ1) is 8.29. The molecule has 4 heteroatoms. The van der Waals surface area contributed by atoms with Crippen LogP contribution in [0.25, 0.3) is 0 Å². The molecule has 2 rings (SSSR count). The Morgan fingerprint density at radius 3 is 2.65 bits per heavy atom. The second-order valence-electron chi connectivity index (χ2n) is 4.32. The minimum Gasteiger partial charge on any atom is -0.351 e. The molecule has 1 fully saturated rings. The SMILES string of the molecule is O=C(NCc1ccc(CF)cc1)[C@H]1CCCN1. The second kappa shape index (κ2) is 5.77. The average molecular weight is 236 g/mol. The molecule has 1 aromatic carbocycles. The molecule has 92 valence electrons. The highest BCUT2D eigenvalue weighted by molar-refractivity contribution is 5.81. The fourth-order valence-electron chi connectivity index (χ4n) is 1.97. The number of rotatable bonds is 4. The lowest BCUT2D eigenvalue weighted by molar-refractivity contribution is -0.122. The molecule has 0 aliphatic carbocycles. The van der Waals surface area contributed by atoms with Crippen molar-refractivity contribution in [2.24, 2.45) is 0 Å². The summed E-state index contributed by atoms with van der Waals surface area (Å²) in [6.45, 7) is 0.978. The molecule has 1 aliphatic rings. The van der Waals surface area contributed by atoms with Crippen molar-refractivity contribution in [2.45, 2.75) is 32.1 Å². The predicted molar refractivity (Wildman–Crippen MR) is 64.1 cm³/mol. The number of carbonyl (C=O) groups is 1. The molecule has 2 N–H and O–H groups in total. The van der Waals surface area contributed by atoms with Gasteiger partial charge < -0.3 is 10.6 Å². The normalized spacial score (nSPS) is 19.2. The summed E-state index contributed by atoms with van der Waals surface area (Å²) < 4.78 is 12.3. The Kier molecular flexibility index (Phi) is 4.09. The lowest BCUT2D eigenvalue weighted by Gasteiger charge is -2.11. The number of carbonyl (C=O) groups excluding carboxylic acids is 1. The molecule has 1 amide bonds. The molecule has 0 unspecified atom stereocenters. The highest BCUT2D eigenvalue weighted by atomic mass is 19.1. The number of hydrogen-bond donors (Lipinski definition) is 2. The van der Waals surface area contributed by atoms with Gasteiger partial charge in [0.25, 0.3) is 0 Å². The summed E-state index contributed by atoms with van der Waals surface area (Å²) in [6, 6.07) is 7.14. The van der Waals surface area contributed by atoms with Crippen molar-refractivity contribution in [3.8, 4) is 0 Å². The van der Waals surface area contributed by atoms with Crippen LogP contribution in [0.4, 0.5) is 4.39 Å². The zero-order valence-electron chi connectivity index (χ0n) is 9.71. The van der Waals surface area contributed by atoms with Crippen molar-refractivity contribution in [1.29, 1.82) is 0 Å². The summed E-state index contributed by atoms with van der Waals surface area (Å²) in [5, 5.41) is 6.03. The van der Waals surface area contributed by atoms with Crippen molar-refractivity contribution in [3.05, 3.63) is 35.4 Å². The Bertz CT molecular complexity index is 372.